The lowest BCUT2D eigenvalue weighted by Crippen LogP contribution is -2.36. The second-order valence-electron chi connectivity index (χ2n) is 8.94. The predicted octanol–water partition coefficient (Wildman–Crippen LogP) is 6.46. The first-order valence-electron chi connectivity index (χ1n) is 12.3. The summed E-state index contributed by atoms with van der Waals surface area (Å²) in [5.41, 5.74) is 3.20. The van der Waals surface area contributed by atoms with Crippen LogP contribution in [0.15, 0.2) is 54.7 Å². The number of para-hydroxylation sites is 1. The van der Waals surface area contributed by atoms with Crippen molar-refractivity contribution < 1.29 is 9.53 Å². The molecule has 1 fully saturated rings. The number of Topliss-reactive ketones (excluding diaryl/α,β-unsaturated/α-hetero) is 1. The highest BCUT2D eigenvalue weighted by atomic mass is 16.5. The van der Waals surface area contributed by atoms with E-state index in [4.69, 9.17) is 4.74 Å². The Morgan fingerprint density at radius 1 is 1.12 bits per heavy atom. The summed E-state index contributed by atoms with van der Waals surface area (Å²) < 4.78 is 6.24. The summed E-state index contributed by atoms with van der Waals surface area (Å²) in [5.74, 6) is 1.49. The van der Waals surface area contributed by atoms with E-state index < -0.39 is 0 Å². The normalized spacial score (nSPS) is 15.0. The number of aromatic nitrogens is 1. The number of benzene rings is 2. The summed E-state index contributed by atoms with van der Waals surface area (Å²) in [4.78, 5) is 19.8. The van der Waals surface area contributed by atoms with Gasteiger partial charge in [0.15, 0.2) is 5.78 Å². The topological polar surface area (TPSA) is 54.5 Å². The van der Waals surface area contributed by atoms with Crippen molar-refractivity contribution in [1.82, 2.24) is 9.88 Å². The van der Waals surface area contributed by atoms with Gasteiger partial charge in [-0.25, -0.2) is 0 Å². The molecule has 1 aliphatic rings. The fourth-order valence-electron chi connectivity index (χ4n) is 4.44. The van der Waals surface area contributed by atoms with Crippen LogP contribution in [0.3, 0.4) is 0 Å². The third kappa shape index (κ3) is 5.91. The Morgan fingerprint density at radius 2 is 1.91 bits per heavy atom. The number of carbonyl (C=O) groups excluding carboxylic acids is 1. The van der Waals surface area contributed by atoms with Gasteiger partial charge >= 0.3 is 0 Å². The summed E-state index contributed by atoms with van der Waals surface area (Å²) in [7, 11) is 0. The number of anilines is 2. The van der Waals surface area contributed by atoms with Gasteiger partial charge in [0.05, 0.1) is 23.4 Å². The van der Waals surface area contributed by atoms with E-state index in [2.05, 4.69) is 22.1 Å². The number of ketones is 1. The Hall–Kier alpha value is -2.92. The number of hydrogen-bond donors (Lipinski definition) is 1. The van der Waals surface area contributed by atoms with Gasteiger partial charge < -0.3 is 15.0 Å². The molecule has 1 N–H and O–H groups in total. The molecule has 0 atom stereocenters. The molecule has 3 aromatic rings. The second-order valence-corrected chi connectivity index (χ2v) is 8.94. The Bertz CT molecular complexity index is 1060. The van der Waals surface area contributed by atoms with Crippen LogP contribution in [0.25, 0.3) is 10.9 Å². The first-order chi connectivity index (χ1) is 16.2. The number of likely N-dealkylation sites (tertiary alicyclic amines) is 1. The number of rotatable bonds is 10. The summed E-state index contributed by atoms with van der Waals surface area (Å²) in [6.45, 7) is 8.42. The Morgan fingerprint density at radius 3 is 2.64 bits per heavy atom. The number of carbonyl (C=O) groups is 1. The minimum atomic E-state index is 0.0731. The number of pyridine rings is 1. The third-order valence-corrected chi connectivity index (χ3v) is 6.52. The van der Waals surface area contributed by atoms with Gasteiger partial charge in [-0.1, -0.05) is 38.5 Å². The number of nitrogens with one attached hydrogen (secondary N) is 1. The summed E-state index contributed by atoms with van der Waals surface area (Å²) in [5, 5.41) is 4.37. The fraction of sp³-hybridized carbons (Fsp3) is 0.429. The van der Waals surface area contributed by atoms with Gasteiger partial charge in [-0.2, -0.15) is 0 Å². The first-order valence-corrected chi connectivity index (χ1v) is 12.3. The van der Waals surface area contributed by atoms with Crippen molar-refractivity contribution >= 4 is 28.1 Å². The van der Waals surface area contributed by atoms with Crippen LogP contribution in [-0.2, 0) is 0 Å². The van der Waals surface area contributed by atoms with Crippen molar-refractivity contribution in [2.24, 2.45) is 5.92 Å². The lowest BCUT2D eigenvalue weighted by molar-refractivity contribution is 0.0988. The smallest absolute Gasteiger partial charge is 0.166 e. The lowest BCUT2D eigenvalue weighted by atomic mass is 9.97. The summed E-state index contributed by atoms with van der Waals surface area (Å²) in [6, 6.07) is 15.9. The molecule has 0 bridgehead atoms. The molecule has 0 radical (unpaired) electrons. The molecule has 0 spiro atoms. The Labute approximate surface area is 197 Å². The SMILES string of the molecule is CCCCN1CCC(COc2ccc3ncc(C(=O)CC)c(Nc4ccccc4)c3c2)CC1. The number of unbranched alkanes of at least 4 members (excludes halogenated alkanes) is 1. The largest absolute Gasteiger partial charge is 0.493 e. The monoisotopic (exact) mass is 445 g/mol. The highest BCUT2D eigenvalue weighted by Crippen LogP contribution is 2.33. The van der Waals surface area contributed by atoms with Crippen molar-refractivity contribution in [1.29, 1.82) is 0 Å². The zero-order valence-electron chi connectivity index (χ0n) is 19.8. The number of nitrogens with zero attached hydrogens (tertiary/aromatic N) is 2. The van der Waals surface area contributed by atoms with E-state index in [9.17, 15) is 4.79 Å². The van der Waals surface area contributed by atoms with E-state index in [0.717, 1.165) is 34.6 Å². The molecule has 1 aromatic heterocycles. The van der Waals surface area contributed by atoms with Gasteiger partial charge in [-0.15, -0.1) is 0 Å². The van der Waals surface area contributed by atoms with Crippen LogP contribution in [0.5, 0.6) is 5.75 Å². The van der Waals surface area contributed by atoms with Gasteiger partial charge in [-0.3, -0.25) is 9.78 Å². The molecule has 1 aliphatic heterocycles. The summed E-state index contributed by atoms with van der Waals surface area (Å²) in [6.07, 6.45) is 7.04. The fourth-order valence-corrected chi connectivity index (χ4v) is 4.44. The van der Waals surface area contributed by atoms with Crippen molar-refractivity contribution in [2.45, 2.75) is 46.0 Å². The first kappa shape index (κ1) is 23.2. The number of fused-ring (bicyclic) bond motifs is 1. The van der Waals surface area contributed by atoms with E-state index in [1.54, 1.807) is 6.20 Å². The van der Waals surface area contributed by atoms with E-state index in [1.807, 2.05) is 55.5 Å². The maximum atomic E-state index is 12.7. The second kappa shape index (κ2) is 11.3. The third-order valence-electron chi connectivity index (χ3n) is 6.52. The molecular weight excluding hydrogens is 410 g/mol. The van der Waals surface area contributed by atoms with Crippen LogP contribution in [0.4, 0.5) is 11.4 Å². The molecule has 0 unspecified atom stereocenters. The van der Waals surface area contributed by atoms with Crippen LogP contribution >= 0.6 is 0 Å². The van der Waals surface area contributed by atoms with Crippen molar-refractivity contribution in [3.8, 4) is 5.75 Å². The van der Waals surface area contributed by atoms with Gasteiger partial charge in [0.25, 0.3) is 0 Å². The minimum Gasteiger partial charge on any atom is -0.493 e. The average Bonchev–Trinajstić information content (AvgIpc) is 2.87. The van der Waals surface area contributed by atoms with E-state index in [0.29, 0.717) is 17.9 Å². The van der Waals surface area contributed by atoms with Crippen molar-refractivity contribution in [3.05, 3.63) is 60.3 Å². The van der Waals surface area contributed by atoms with Gasteiger partial charge in [-0.05, 0) is 75.1 Å². The van der Waals surface area contributed by atoms with E-state index in [1.165, 1.54) is 45.3 Å². The molecule has 2 heterocycles. The average molecular weight is 446 g/mol. The molecule has 5 heteroatoms. The van der Waals surface area contributed by atoms with E-state index in [-0.39, 0.29) is 5.78 Å². The van der Waals surface area contributed by atoms with Crippen LogP contribution in [0, 0.1) is 5.92 Å². The van der Waals surface area contributed by atoms with Crippen molar-refractivity contribution in [3.63, 3.8) is 0 Å². The number of hydrogen-bond acceptors (Lipinski definition) is 5. The quantitative estimate of drug-likeness (QED) is 0.363. The molecular formula is C28H35N3O2. The lowest BCUT2D eigenvalue weighted by Gasteiger charge is -2.31. The van der Waals surface area contributed by atoms with Crippen LogP contribution in [-0.4, -0.2) is 41.9 Å². The zero-order chi connectivity index (χ0) is 23.0. The molecule has 5 nitrogen and oxygen atoms in total. The molecule has 174 valence electrons. The molecule has 0 aliphatic carbocycles. The molecule has 2 aromatic carbocycles. The van der Waals surface area contributed by atoms with Crippen LogP contribution in [0.2, 0.25) is 0 Å². The van der Waals surface area contributed by atoms with E-state index >= 15 is 0 Å². The maximum Gasteiger partial charge on any atom is 0.166 e. The summed E-state index contributed by atoms with van der Waals surface area (Å²) >= 11 is 0. The maximum absolute atomic E-state index is 12.7. The van der Waals surface area contributed by atoms with Gasteiger partial charge in [0, 0.05) is 23.7 Å². The highest BCUT2D eigenvalue weighted by molar-refractivity contribution is 6.09. The minimum absolute atomic E-state index is 0.0731. The molecule has 1 saturated heterocycles. The molecule has 33 heavy (non-hydrogen) atoms. The highest BCUT2D eigenvalue weighted by Gasteiger charge is 2.20. The van der Waals surface area contributed by atoms with Gasteiger partial charge in [0.2, 0.25) is 0 Å². The van der Waals surface area contributed by atoms with Gasteiger partial charge in [0.1, 0.15) is 5.75 Å². The van der Waals surface area contributed by atoms with Crippen molar-refractivity contribution in [2.75, 3.05) is 31.6 Å². The molecule has 0 amide bonds. The standard InChI is InChI=1S/C28H35N3O2/c1-3-5-15-31-16-13-21(14-17-31)20-33-23-11-12-26-24(18-23)28(25(19-29-26)27(32)4-2)30-22-9-7-6-8-10-22/h6-12,18-19,21H,3-5,13-17,20H2,1-2H3,(H,29,30). The van der Waals surface area contributed by atoms with Crippen LogP contribution in [0.1, 0.15) is 56.3 Å². The predicted molar refractivity (Wildman–Crippen MR) is 136 cm³/mol. The number of ether oxygens (including phenoxy) is 1. The molecule has 0 saturated carbocycles. The van der Waals surface area contributed by atoms with Crippen LogP contribution < -0.4 is 10.1 Å². The number of piperidine rings is 1. The zero-order valence-corrected chi connectivity index (χ0v) is 19.8. The Kier molecular flexibility index (Phi) is 7.95. The molecule has 4 rings (SSSR count). The Balaban J connectivity index is 1.52.